The molecule has 0 saturated heterocycles. The minimum Gasteiger partial charge on any atom is -0.496 e. The van der Waals surface area contributed by atoms with Gasteiger partial charge in [-0.15, -0.1) is 0 Å². The van der Waals surface area contributed by atoms with E-state index in [0.717, 1.165) is 5.56 Å². The van der Waals surface area contributed by atoms with Crippen molar-refractivity contribution in [2.75, 3.05) is 14.2 Å². The highest BCUT2D eigenvalue weighted by molar-refractivity contribution is 5.49. The lowest BCUT2D eigenvalue weighted by atomic mass is 9.98. The van der Waals surface area contributed by atoms with Crippen molar-refractivity contribution in [2.24, 2.45) is 0 Å². The lowest BCUT2D eigenvalue weighted by molar-refractivity contribution is 0.208. The predicted octanol–water partition coefficient (Wildman–Crippen LogP) is 3.23. The molecule has 106 valence electrons. The smallest absolute Gasteiger partial charge is 0.128 e. The SMILES string of the molecule is COc1cccc(OC)c1C(O)c1cc(C)cc(F)c1. The van der Waals surface area contributed by atoms with Gasteiger partial charge < -0.3 is 14.6 Å². The van der Waals surface area contributed by atoms with Gasteiger partial charge in [-0.3, -0.25) is 0 Å². The maximum Gasteiger partial charge on any atom is 0.128 e. The summed E-state index contributed by atoms with van der Waals surface area (Å²) in [4.78, 5) is 0. The molecule has 0 aliphatic heterocycles. The van der Waals surface area contributed by atoms with Crippen molar-refractivity contribution in [3.8, 4) is 11.5 Å². The molecule has 1 N–H and O–H groups in total. The van der Waals surface area contributed by atoms with Crippen molar-refractivity contribution >= 4 is 0 Å². The number of ether oxygens (including phenoxy) is 2. The van der Waals surface area contributed by atoms with Gasteiger partial charge in [0, 0.05) is 0 Å². The molecule has 0 fully saturated rings. The van der Waals surface area contributed by atoms with Gasteiger partial charge >= 0.3 is 0 Å². The second-order valence-corrected chi connectivity index (χ2v) is 4.54. The lowest BCUT2D eigenvalue weighted by Crippen LogP contribution is -2.05. The van der Waals surface area contributed by atoms with E-state index in [4.69, 9.17) is 9.47 Å². The van der Waals surface area contributed by atoms with E-state index in [1.807, 2.05) is 0 Å². The average molecular weight is 276 g/mol. The molecule has 0 aliphatic rings. The van der Waals surface area contributed by atoms with E-state index >= 15 is 0 Å². The van der Waals surface area contributed by atoms with Gasteiger partial charge in [-0.05, 0) is 42.3 Å². The molecule has 2 aromatic carbocycles. The Bertz CT molecular complexity index is 568. The number of halogens is 1. The summed E-state index contributed by atoms with van der Waals surface area (Å²) in [7, 11) is 3.03. The van der Waals surface area contributed by atoms with Gasteiger partial charge in [-0.1, -0.05) is 12.1 Å². The number of hydrogen-bond acceptors (Lipinski definition) is 3. The third kappa shape index (κ3) is 2.75. The fourth-order valence-corrected chi connectivity index (χ4v) is 2.24. The van der Waals surface area contributed by atoms with E-state index in [-0.39, 0.29) is 5.82 Å². The Morgan fingerprint density at radius 2 is 1.65 bits per heavy atom. The van der Waals surface area contributed by atoms with Crippen LogP contribution >= 0.6 is 0 Å². The number of aryl methyl sites for hydroxylation is 1. The third-order valence-corrected chi connectivity index (χ3v) is 3.12. The third-order valence-electron chi connectivity index (χ3n) is 3.12. The first kappa shape index (κ1) is 14.3. The number of methoxy groups -OCH3 is 2. The molecule has 20 heavy (non-hydrogen) atoms. The predicted molar refractivity (Wildman–Crippen MR) is 74.7 cm³/mol. The second kappa shape index (κ2) is 5.92. The van der Waals surface area contributed by atoms with E-state index in [1.165, 1.54) is 26.4 Å². The number of hydrogen-bond donors (Lipinski definition) is 1. The topological polar surface area (TPSA) is 38.7 Å². The van der Waals surface area contributed by atoms with Crippen molar-refractivity contribution in [3.63, 3.8) is 0 Å². The second-order valence-electron chi connectivity index (χ2n) is 4.54. The number of benzene rings is 2. The fourth-order valence-electron chi connectivity index (χ4n) is 2.24. The van der Waals surface area contributed by atoms with E-state index in [2.05, 4.69) is 0 Å². The zero-order chi connectivity index (χ0) is 14.7. The monoisotopic (exact) mass is 276 g/mol. The molecule has 3 nitrogen and oxygen atoms in total. The highest BCUT2D eigenvalue weighted by Gasteiger charge is 2.21. The molecule has 0 radical (unpaired) electrons. The average Bonchev–Trinajstić information content (AvgIpc) is 2.44. The molecular formula is C16H17FO3. The molecule has 2 rings (SSSR count). The highest BCUT2D eigenvalue weighted by Crippen LogP contribution is 2.37. The maximum atomic E-state index is 13.5. The molecular weight excluding hydrogens is 259 g/mol. The van der Waals surface area contributed by atoms with Crippen molar-refractivity contribution in [2.45, 2.75) is 13.0 Å². The summed E-state index contributed by atoms with van der Waals surface area (Å²) in [6, 6.07) is 9.68. The molecule has 0 aliphatic carbocycles. The van der Waals surface area contributed by atoms with Gasteiger partial charge in [0.2, 0.25) is 0 Å². The minimum atomic E-state index is -1.02. The maximum absolute atomic E-state index is 13.5. The van der Waals surface area contributed by atoms with Crippen LogP contribution in [0.5, 0.6) is 11.5 Å². The Hall–Kier alpha value is -2.07. The van der Waals surface area contributed by atoms with Gasteiger partial charge in [-0.2, -0.15) is 0 Å². The van der Waals surface area contributed by atoms with Crippen LogP contribution in [0.3, 0.4) is 0 Å². The van der Waals surface area contributed by atoms with Crippen LogP contribution in [0.25, 0.3) is 0 Å². The van der Waals surface area contributed by atoms with Crippen molar-refractivity contribution in [1.82, 2.24) is 0 Å². The molecule has 4 heteroatoms. The molecule has 0 saturated carbocycles. The van der Waals surface area contributed by atoms with Crippen LogP contribution in [0, 0.1) is 12.7 Å². The van der Waals surface area contributed by atoms with Gasteiger partial charge in [0.15, 0.2) is 0 Å². The number of aliphatic hydroxyl groups excluding tert-OH is 1. The molecule has 0 bridgehead atoms. The van der Waals surface area contributed by atoms with Gasteiger partial charge in [0.1, 0.15) is 23.4 Å². The Labute approximate surface area is 117 Å². The molecule has 2 aromatic rings. The zero-order valence-corrected chi connectivity index (χ0v) is 11.7. The summed E-state index contributed by atoms with van der Waals surface area (Å²) in [5.74, 6) is 0.616. The summed E-state index contributed by atoms with van der Waals surface area (Å²) in [5, 5.41) is 10.5. The lowest BCUT2D eigenvalue weighted by Gasteiger charge is -2.18. The summed E-state index contributed by atoms with van der Waals surface area (Å²) < 4.78 is 24.0. The Morgan fingerprint density at radius 1 is 1.05 bits per heavy atom. The van der Waals surface area contributed by atoms with Crippen LogP contribution in [-0.2, 0) is 0 Å². The highest BCUT2D eigenvalue weighted by atomic mass is 19.1. The zero-order valence-electron chi connectivity index (χ0n) is 11.7. The van der Waals surface area contributed by atoms with Crippen molar-refractivity contribution < 1.29 is 19.0 Å². The summed E-state index contributed by atoms with van der Waals surface area (Å²) in [6.45, 7) is 1.78. The number of rotatable bonds is 4. The first-order valence-corrected chi connectivity index (χ1v) is 6.23. The van der Waals surface area contributed by atoms with E-state index < -0.39 is 6.10 Å². The van der Waals surface area contributed by atoms with E-state index in [9.17, 15) is 9.50 Å². The molecule has 1 atom stereocenters. The van der Waals surface area contributed by atoms with E-state index in [0.29, 0.717) is 22.6 Å². The van der Waals surface area contributed by atoms with Crippen molar-refractivity contribution in [1.29, 1.82) is 0 Å². The molecule has 0 amide bonds. The normalized spacial score (nSPS) is 12.1. The van der Waals surface area contributed by atoms with Gasteiger partial charge in [0.05, 0.1) is 19.8 Å². The Balaban J connectivity index is 2.54. The minimum absolute atomic E-state index is 0.382. The largest absolute Gasteiger partial charge is 0.496 e. The van der Waals surface area contributed by atoms with Gasteiger partial charge in [-0.25, -0.2) is 4.39 Å². The van der Waals surface area contributed by atoms with Crippen molar-refractivity contribution in [3.05, 3.63) is 58.9 Å². The molecule has 0 heterocycles. The molecule has 0 aromatic heterocycles. The van der Waals surface area contributed by atoms with Crippen LogP contribution in [-0.4, -0.2) is 19.3 Å². The Kier molecular flexibility index (Phi) is 4.25. The number of aliphatic hydroxyl groups is 1. The molecule has 1 unspecified atom stereocenters. The quantitative estimate of drug-likeness (QED) is 0.931. The van der Waals surface area contributed by atoms with Crippen LogP contribution in [0.4, 0.5) is 4.39 Å². The fraction of sp³-hybridized carbons (Fsp3) is 0.250. The first-order chi connectivity index (χ1) is 9.56. The van der Waals surface area contributed by atoms with Gasteiger partial charge in [0.25, 0.3) is 0 Å². The van der Waals surface area contributed by atoms with Crippen LogP contribution in [0.15, 0.2) is 36.4 Å². The summed E-state index contributed by atoms with van der Waals surface area (Å²) in [6.07, 6.45) is -1.02. The van der Waals surface area contributed by atoms with Crippen LogP contribution in [0.1, 0.15) is 22.8 Å². The van der Waals surface area contributed by atoms with Crippen LogP contribution < -0.4 is 9.47 Å². The first-order valence-electron chi connectivity index (χ1n) is 6.23. The Morgan fingerprint density at radius 3 is 2.15 bits per heavy atom. The summed E-state index contributed by atoms with van der Waals surface area (Å²) in [5.41, 5.74) is 1.70. The molecule has 0 spiro atoms. The summed E-state index contributed by atoms with van der Waals surface area (Å²) >= 11 is 0. The van der Waals surface area contributed by atoms with Crippen LogP contribution in [0.2, 0.25) is 0 Å². The standard InChI is InChI=1S/C16H17FO3/c1-10-7-11(9-12(17)8-10)16(18)15-13(19-2)5-4-6-14(15)20-3/h4-9,16,18H,1-3H3. The van der Waals surface area contributed by atoms with E-state index in [1.54, 1.807) is 31.2 Å².